The van der Waals surface area contributed by atoms with E-state index in [4.69, 9.17) is 27.9 Å². The Labute approximate surface area is 105 Å². The molecule has 16 heavy (non-hydrogen) atoms. The van der Waals surface area contributed by atoms with E-state index in [0.717, 1.165) is 19.4 Å². The number of ether oxygens (including phenoxy) is 1. The Morgan fingerprint density at radius 2 is 2.25 bits per heavy atom. The maximum Gasteiger partial charge on any atom is 0.0829 e. The van der Waals surface area contributed by atoms with Crippen molar-refractivity contribution in [3.8, 4) is 0 Å². The molecular weight excluding hydrogens is 247 g/mol. The molecule has 0 aromatic heterocycles. The molecule has 0 amide bonds. The van der Waals surface area contributed by atoms with Gasteiger partial charge in [-0.1, -0.05) is 23.2 Å². The average Bonchev–Trinajstić information content (AvgIpc) is 2.74. The van der Waals surface area contributed by atoms with E-state index in [0.29, 0.717) is 22.0 Å². The zero-order chi connectivity index (χ0) is 11.5. The summed E-state index contributed by atoms with van der Waals surface area (Å²) >= 11 is 11.9. The summed E-state index contributed by atoms with van der Waals surface area (Å²) in [7, 11) is 0. The zero-order valence-electron chi connectivity index (χ0n) is 8.83. The van der Waals surface area contributed by atoms with Crippen LogP contribution < -0.4 is 0 Å². The lowest BCUT2D eigenvalue weighted by molar-refractivity contribution is 0.0535. The molecule has 1 aromatic rings. The third-order valence-corrected chi connectivity index (χ3v) is 3.41. The molecule has 1 aromatic carbocycles. The molecule has 1 fully saturated rings. The molecule has 4 heteroatoms. The molecule has 0 saturated carbocycles. The van der Waals surface area contributed by atoms with E-state index in [1.54, 1.807) is 18.2 Å². The van der Waals surface area contributed by atoms with Crippen LogP contribution in [0.4, 0.5) is 0 Å². The van der Waals surface area contributed by atoms with Crippen molar-refractivity contribution in [1.82, 2.24) is 0 Å². The lowest BCUT2D eigenvalue weighted by Crippen LogP contribution is -2.11. The normalized spacial score (nSPS) is 22.3. The minimum atomic E-state index is -0.603. The van der Waals surface area contributed by atoms with E-state index in [1.807, 2.05) is 0 Å². The predicted molar refractivity (Wildman–Crippen MR) is 65.0 cm³/mol. The Morgan fingerprint density at radius 1 is 1.44 bits per heavy atom. The van der Waals surface area contributed by atoms with E-state index in [-0.39, 0.29) is 6.10 Å². The fourth-order valence-electron chi connectivity index (χ4n) is 1.98. The number of halogens is 2. The van der Waals surface area contributed by atoms with Gasteiger partial charge in [0.1, 0.15) is 0 Å². The van der Waals surface area contributed by atoms with Crippen molar-refractivity contribution in [2.75, 3.05) is 6.61 Å². The number of hydrogen-bond donors (Lipinski definition) is 1. The molecule has 1 aliphatic heterocycles. The first-order valence-corrected chi connectivity index (χ1v) is 6.17. The Hall–Kier alpha value is -0.280. The number of aliphatic hydroxyl groups is 1. The summed E-state index contributed by atoms with van der Waals surface area (Å²) < 4.78 is 5.48. The smallest absolute Gasteiger partial charge is 0.0829 e. The quantitative estimate of drug-likeness (QED) is 0.900. The third-order valence-electron chi connectivity index (χ3n) is 2.83. The van der Waals surface area contributed by atoms with Crippen LogP contribution in [0.25, 0.3) is 0 Å². The average molecular weight is 261 g/mol. The number of aliphatic hydroxyl groups excluding tert-OH is 1. The molecule has 0 bridgehead atoms. The summed E-state index contributed by atoms with van der Waals surface area (Å²) in [5, 5.41) is 11.2. The van der Waals surface area contributed by atoms with E-state index in [2.05, 4.69) is 0 Å². The highest BCUT2D eigenvalue weighted by Crippen LogP contribution is 2.31. The Balaban J connectivity index is 2.07. The summed E-state index contributed by atoms with van der Waals surface area (Å²) in [6.45, 7) is 0.792. The molecule has 2 unspecified atom stereocenters. The van der Waals surface area contributed by atoms with Gasteiger partial charge >= 0.3 is 0 Å². The van der Waals surface area contributed by atoms with Gasteiger partial charge in [-0.3, -0.25) is 0 Å². The first kappa shape index (κ1) is 12.2. The summed E-state index contributed by atoms with van der Waals surface area (Å²) in [5.74, 6) is 0. The van der Waals surface area contributed by atoms with Gasteiger partial charge in [-0.05, 0) is 31.0 Å². The molecule has 0 aliphatic carbocycles. The lowest BCUT2D eigenvalue weighted by Gasteiger charge is -2.16. The van der Waals surface area contributed by atoms with Crippen molar-refractivity contribution in [3.05, 3.63) is 33.8 Å². The highest BCUT2D eigenvalue weighted by atomic mass is 35.5. The van der Waals surface area contributed by atoms with Crippen LogP contribution in [0.2, 0.25) is 10.0 Å². The van der Waals surface area contributed by atoms with Crippen molar-refractivity contribution < 1.29 is 9.84 Å². The Morgan fingerprint density at radius 3 is 2.94 bits per heavy atom. The first-order valence-electron chi connectivity index (χ1n) is 5.41. The molecule has 0 radical (unpaired) electrons. The summed E-state index contributed by atoms with van der Waals surface area (Å²) in [5.41, 5.74) is 0.685. The van der Waals surface area contributed by atoms with Crippen molar-refractivity contribution in [2.24, 2.45) is 0 Å². The van der Waals surface area contributed by atoms with Gasteiger partial charge in [0.2, 0.25) is 0 Å². The second-order valence-electron chi connectivity index (χ2n) is 4.05. The summed E-state index contributed by atoms with van der Waals surface area (Å²) in [6.07, 6.45) is 2.20. The van der Waals surface area contributed by atoms with Crippen LogP contribution in [0.5, 0.6) is 0 Å². The minimum absolute atomic E-state index is 0.144. The van der Waals surface area contributed by atoms with E-state index >= 15 is 0 Å². The molecular formula is C12H14Cl2O2. The molecule has 2 atom stereocenters. The molecule has 0 spiro atoms. The van der Waals surface area contributed by atoms with Crippen LogP contribution in [0.1, 0.15) is 30.9 Å². The maximum absolute atomic E-state index is 10.1. The topological polar surface area (TPSA) is 29.5 Å². The van der Waals surface area contributed by atoms with Gasteiger partial charge < -0.3 is 9.84 Å². The minimum Gasteiger partial charge on any atom is -0.388 e. The van der Waals surface area contributed by atoms with Crippen molar-refractivity contribution in [1.29, 1.82) is 0 Å². The maximum atomic E-state index is 10.1. The van der Waals surface area contributed by atoms with Gasteiger partial charge in [0.25, 0.3) is 0 Å². The van der Waals surface area contributed by atoms with Gasteiger partial charge in [0.05, 0.1) is 12.2 Å². The lowest BCUT2D eigenvalue weighted by atomic mass is 10.0. The van der Waals surface area contributed by atoms with Gasteiger partial charge in [-0.25, -0.2) is 0 Å². The van der Waals surface area contributed by atoms with Crippen LogP contribution in [-0.4, -0.2) is 17.8 Å². The molecule has 88 valence electrons. The summed E-state index contributed by atoms with van der Waals surface area (Å²) in [6, 6.07) is 5.13. The molecule has 1 aliphatic rings. The van der Waals surface area contributed by atoms with Crippen LogP contribution in [0.3, 0.4) is 0 Å². The van der Waals surface area contributed by atoms with Crippen molar-refractivity contribution in [2.45, 2.75) is 31.5 Å². The van der Waals surface area contributed by atoms with E-state index in [1.165, 1.54) is 0 Å². The fourth-order valence-corrected chi connectivity index (χ4v) is 2.40. The zero-order valence-corrected chi connectivity index (χ0v) is 10.3. The molecule has 2 nitrogen and oxygen atoms in total. The van der Waals surface area contributed by atoms with E-state index in [9.17, 15) is 5.11 Å². The summed E-state index contributed by atoms with van der Waals surface area (Å²) in [4.78, 5) is 0. The van der Waals surface area contributed by atoms with Crippen molar-refractivity contribution >= 4 is 23.2 Å². The molecule has 1 saturated heterocycles. The van der Waals surface area contributed by atoms with E-state index < -0.39 is 6.10 Å². The van der Waals surface area contributed by atoms with Gasteiger partial charge in [-0.15, -0.1) is 0 Å². The first-order chi connectivity index (χ1) is 7.66. The molecule has 1 heterocycles. The third kappa shape index (κ3) is 2.89. The SMILES string of the molecule is OC(CC1CCCO1)c1cc(Cl)ccc1Cl. The number of hydrogen-bond acceptors (Lipinski definition) is 2. The largest absolute Gasteiger partial charge is 0.388 e. The number of benzene rings is 1. The standard InChI is InChI=1S/C12H14Cl2O2/c13-8-3-4-11(14)10(6-8)12(15)7-9-2-1-5-16-9/h3-4,6,9,12,15H,1-2,5,7H2. The van der Waals surface area contributed by atoms with Gasteiger partial charge in [0, 0.05) is 28.6 Å². The monoisotopic (exact) mass is 260 g/mol. The van der Waals surface area contributed by atoms with Crippen LogP contribution in [-0.2, 0) is 4.74 Å². The predicted octanol–water partition coefficient (Wildman–Crippen LogP) is 3.60. The van der Waals surface area contributed by atoms with Crippen LogP contribution >= 0.6 is 23.2 Å². The Kier molecular flexibility index (Phi) is 4.09. The highest BCUT2D eigenvalue weighted by Gasteiger charge is 2.21. The van der Waals surface area contributed by atoms with Gasteiger partial charge in [0.15, 0.2) is 0 Å². The highest BCUT2D eigenvalue weighted by molar-refractivity contribution is 6.33. The Bertz CT molecular complexity index is 362. The molecule has 2 rings (SSSR count). The van der Waals surface area contributed by atoms with Crippen LogP contribution in [0.15, 0.2) is 18.2 Å². The second-order valence-corrected chi connectivity index (χ2v) is 4.90. The second kappa shape index (κ2) is 5.37. The van der Waals surface area contributed by atoms with Crippen LogP contribution in [0, 0.1) is 0 Å². The fraction of sp³-hybridized carbons (Fsp3) is 0.500. The molecule has 1 N–H and O–H groups in total. The van der Waals surface area contributed by atoms with Crippen molar-refractivity contribution in [3.63, 3.8) is 0 Å². The number of rotatable bonds is 3. The van der Waals surface area contributed by atoms with Gasteiger partial charge in [-0.2, -0.15) is 0 Å².